The van der Waals surface area contributed by atoms with Crippen LogP contribution in [0.4, 0.5) is 0 Å². The monoisotopic (exact) mass is 248 g/mol. The molecule has 0 N–H and O–H groups in total. The number of hydrogen-bond acceptors (Lipinski definition) is 4. The molecule has 1 amide bonds. The van der Waals surface area contributed by atoms with Gasteiger partial charge in [0.2, 0.25) is 0 Å². The van der Waals surface area contributed by atoms with Crippen LogP contribution < -0.4 is 9.47 Å². The van der Waals surface area contributed by atoms with E-state index in [1.807, 2.05) is 6.07 Å². The molecule has 0 unspecified atom stereocenters. The Morgan fingerprint density at radius 3 is 2.50 bits per heavy atom. The second-order valence-corrected chi connectivity index (χ2v) is 3.69. The molecule has 96 valence electrons. The summed E-state index contributed by atoms with van der Waals surface area (Å²) in [5, 5.41) is 8.42. The Balaban J connectivity index is 2.39. The van der Waals surface area contributed by atoms with Crippen molar-refractivity contribution in [1.29, 1.82) is 5.26 Å². The minimum Gasteiger partial charge on any atom is -0.497 e. The van der Waals surface area contributed by atoms with E-state index in [1.54, 1.807) is 38.4 Å². The van der Waals surface area contributed by atoms with E-state index in [0.717, 1.165) is 5.75 Å². The average Bonchev–Trinajstić information content (AvgIpc) is 2.42. The van der Waals surface area contributed by atoms with Crippen molar-refractivity contribution in [1.82, 2.24) is 4.90 Å². The van der Waals surface area contributed by atoms with Gasteiger partial charge in [0.05, 0.1) is 19.6 Å². The maximum absolute atomic E-state index is 11.6. The lowest BCUT2D eigenvalue weighted by atomic mass is 10.3. The molecule has 1 aromatic rings. The van der Waals surface area contributed by atoms with Gasteiger partial charge in [-0.3, -0.25) is 4.79 Å². The third-order valence-corrected chi connectivity index (χ3v) is 2.41. The molecule has 1 aromatic carbocycles. The first-order valence-electron chi connectivity index (χ1n) is 5.55. The van der Waals surface area contributed by atoms with E-state index in [1.165, 1.54) is 4.90 Å². The predicted octanol–water partition coefficient (Wildman–Crippen LogP) is 1.45. The lowest BCUT2D eigenvalue weighted by Crippen LogP contribution is -2.32. The van der Waals surface area contributed by atoms with Crippen LogP contribution in [0.25, 0.3) is 0 Å². The molecule has 0 aliphatic heterocycles. The Morgan fingerprint density at radius 2 is 1.94 bits per heavy atom. The number of amides is 1. The van der Waals surface area contributed by atoms with Gasteiger partial charge in [0.15, 0.2) is 6.61 Å². The molecule has 0 aliphatic carbocycles. The van der Waals surface area contributed by atoms with E-state index in [0.29, 0.717) is 18.7 Å². The molecule has 1 rings (SSSR count). The molecule has 0 aromatic heterocycles. The Hall–Kier alpha value is -2.22. The summed E-state index contributed by atoms with van der Waals surface area (Å²) < 4.78 is 10.4. The number of rotatable bonds is 6. The molecule has 0 heterocycles. The van der Waals surface area contributed by atoms with Crippen molar-refractivity contribution in [2.24, 2.45) is 0 Å². The van der Waals surface area contributed by atoms with Crippen molar-refractivity contribution in [3.05, 3.63) is 24.3 Å². The third-order valence-electron chi connectivity index (χ3n) is 2.41. The smallest absolute Gasteiger partial charge is 0.260 e. The first-order valence-corrected chi connectivity index (χ1v) is 5.55. The second kappa shape index (κ2) is 7.17. The number of benzene rings is 1. The van der Waals surface area contributed by atoms with Gasteiger partial charge in [-0.2, -0.15) is 5.26 Å². The molecule has 0 aliphatic rings. The number of likely N-dealkylation sites (N-methyl/N-ethyl adjacent to an activating group) is 1. The van der Waals surface area contributed by atoms with Crippen molar-refractivity contribution < 1.29 is 14.3 Å². The molecule has 0 spiro atoms. The average molecular weight is 248 g/mol. The molecule has 0 fully saturated rings. The minimum atomic E-state index is -0.152. The van der Waals surface area contributed by atoms with Crippen LogP contribution in [-0.4, -0.2) is 38.1 Å². The van der Waals surface area contributed by atoms with Crippen molar-refractivity contribution in [2.45, 2.75) is 6.42 Å². The summed E-state index contributed by atoms with van der Waals surface area (Å²) >= 11 is 0. The van der Waals surface area contributed by atoms with Crippen LogP contribution in [0, 0.1) is 11.3 Å². The maximum atomic E-state index is 11.6. The second-order valence-electron chi connectivity index (χ2n) is 3.69. The summed E-state index contributed by atoms with van der Waals surface area (Å²) in [5.74, 6) is 1.19. The summed E-state index contributed by atoms with van der Waals surface area (Å²) in [6.07, 6.45) is 0.324. The van der Waals surface area contributed by atoms with E-state index in [4.69, 9.17) is 14.7 Å². The zero-order valence-electron chi connectivity index (χ0n) is 10.5. The predicted molar refractivity (Wildman–Crippen MR) is 66.4 cm³/mol. The first kappa shape index (κ1) is 13.8. The van der Waals surface area contributed by atoms with E-state index < -0.39 is 0 Å². The first-order chi connectivity index (χ1) is 8.67. The maximum Gasteiger partial charge on any atom is 0.260 e. The normalized spacial score (nSPS) is 9.39. The van der Waals surface area contributed by atoms with Gasteiger partial charge in [-0.1, -0.05) is 0 Å². The number of hydrogen-bond donors (Lipinski definition) is 0. The number of ether oxygens (including phenoxy) is 2. The Bertz CT molecular complexity index is 423. The van der Waals surface area contributed by atoms with E-state index in [-0.39, 0.29) is 12.5 Å². The standard InChI is InChI=1S/C13H16N2O3/c1-15(9-3-8-14)13(16)10-18-12-6-4-11(17-2)5-7-12/h4-7H,3,9-10H2,1-2H3. The highest BCUT2D eigenvalue weighted by Crippen LogP contribution is 2.16. The van der Waals surface area contributed by atoms with Crippen LogP contribution in [0.1, 0.15) is 6.42 Å². The van der Waals surface area contributed by atoms with Gasteiger partial charge >= 0.3 is 0 Å². The van der Waals surface area contributed by atoms with Gasteiger partial charge in [-0.25, -0.2) is 0 Å². The Morgan fingerprint density at radius 1 is 1.33 bits per heavy atom. The van der Waals surface area contributed by atoms with Crippen LogP contribution in [0.3, 0.4) is 0 Å². The zero-order chi connectivity index (χ0) is 13.4. The summed E-state index contributed by atoms with van der Waals surface area (Å²) in [5.41, 5.74) is 0. The van der Waals surface area contributed by atoms with Crippen LogP contribution in [-0.2, 0) is 4.79 Å². The molecule has 18 heavy (non-hydrogen) atoms. The van der Waals surface area contributed by atoms with Crippen molar-refractivity contribution in [3.63, 3.8) is 0 Å². The summed E-state index contributed by atoms with van der Waals surface area (Å²) in [4.78, 5) is 13.1. The number of nitriles is 1. The van der Waals surface area contributed by atoms with Crippen LogP contribution in [0.2, 0.25) is 0 Å². The molecule has 0 bridgehead atoms. The highest BCUT2D eigenvalue weighted by Gasteiger charge is 2.08. The summed E-state index contributed by atoms with van der Waals surface area (Å²) in [7, 11) is 3.24. The number of carbonyl (C=O) groups excluding carboxylic acids is 1. The van der Waals surface area contributed by atoms with Crippen molar-refractivity contribution in [2.75, 3.05) is 27.3 Å². The van der Waals surface area contributed by atoms with Crippen molar-refractivity contribution >= 4 is 5.91 Å². The zero-order valence-corrected chi connectivity index (χ0v) is 10.5. The SMILES string of the molecule is COc1ccc(OCC(=O)N(C)CCC#N)cc1. The molecular weight excluding hydrogens is 232 g/mol. The van der Waals surface area contributed by atoms with Gasteiger partial charge in [-0.05, 0) is 24.3 Å². The molecule has 0 atom stereocenters. The van der Waals surface area contributed by atoms with Gasteiger partial charge in [0.25, 0.3) is 5.91 Å². The van der Waals surface area contributed by atoms with Gasteiger partial charge in [0.1, 0.15) is 11.5 Å². The molecule has 0 saturated carbocycles. The summed E-state index contributed by atoms with van der Waals surface area (Å²) in [6, 6.07) is 8.99. The molecule has 5 nitrogen and oxygen atoms in total. The number of nitrogens with zero attached hydrogens (tertiary/aromatic N) is 2. The minimum absolute atomic E-state index is 0.0335. The number of methoxy groups -OCH3 is 1. The quantitative estimate of drug-likeness (QED) is 0.764. The molecule has 0 radical (unpaired) electrons. The fraction of sp³-hybridized carbons (Fsp3) is 0.385. The Kier molecular flexibility index (Phi) is 5.52. The third kappa shape index (κ3) is 4.34. The van der Waals surface area contributed by atoms with Crippen LogP contribution >= 0.6 is 0 Å². The van der Waals surface area contributed by atoms with E-state index in [2.05, 4.69) is 0 Å². The lowest BCUT2D eigenvalue weighted by molar-refractivity contribution is -0.131. The van der Waals surface area contributed by atoms with Gasteiger partial charge in [-0.15, -0.1) is 0 Å². The highest BCUT2D eigenvalue weighted by atomic mass is 16.5. The van der Waals surface area contributed by atoms with Gasteiger partial charge < -0.3 is 14.4 Å². The van der Waals surface area contributed by atoms with Crippen LogP contribution in [0.15, 0.2) is 24.3 Å². The topological polar surface area (TPSA) is 62.6 Å². The number of carbonyl (C=O) groups is 1. The largest absolute Gasteiger partial charge is 0.497 e. The van der Waals surface area contributed by atoms with Crippen LogP contribution in [0.5, 0.6) is 11.5 Å². The summed E-state index contributed by atoms with van der Waals surface area (Å²) in [6.45, 7) is 0.384. The molecule has 0 saturated heterocycles. The fourth-order valence-corrected chi connectivity index (χ4v) is 1.27. The fourth-order valence-electron chi connectivity index (χ4n) is 1.27. The molecular formula is C13H16N2O3. The van der Waals surface area contributed by atoms with E-state index >= 15 is 0 Å². The highest BCUT2D eigenvalue weighted by molar-refractivity contribution is 5.77. The van der Waals surface area contributed by atoms with E-state index in [9.17, 15) is 4.79 Å². The molecule has 5 heteroatoms. The Labute approximate surface area is 107 Å². The lowest BCUT2D eigenvalue weighted by Gasteiger charge is -2.15. The van der Waals surface area contributed by atoms with Gasteiger partial charge in [0, 0.05) is 13.6 Å². The van der Waals surface area contributed by atoms with Crippen molar-refractivity contribution in [3.8, 4) is 17.6 Å².